The van der Waals surface area contributed by atoms with Crippen molar-refractivity contribution in [1.29, 1.82) is 0 Å². The Morgan fingerprint density at radius 1 is 0.892 bits per heavy atom. The van der Waals surface area contributed by atoms with E-state index in [1.807, 2.05) is 52.0 Å². The summed E-state index contributed by atoms with van der Waals surface area (Å²) in [6.45, 7) is 7.77. The largest absolute Gasteiger partial charge is 0.474 e. The van der Waals surface area contributed by atoms with Gasteiger partial charge < -0.3 is 9.47 Å². The maximum Gasteiger partial charge on any atom is 0.308 e. The van der Waals surface area contributed by atoms with Crippen molar-refractivity contribution in [3.8, 4) is 5.88 Å². The van der Waals surface area contributed by atoms with Gasteiger partial charge in [0, 0.05) is 4.88 Å². The van der Waals surface area contributed by atoms with Gasteiger partial charge in [0.25, 0.3) is 0 Å². The van der Waals surface area contributed by atoms with E-state index in [-0.39, 0.29) is 61.2 Å². The quantitative estimate of drug-likeness (QED) is 0.282. The van der Waals surface area contributed by atoms with E-state index in [0.717, 1.165) is 42.4 Å². The van der Waals surface area contributed by atoms with Gasteiger partial charge in [0.05, 0.1) is 23.1 Å². The summed E-state index contributed by atoms with van der Waals surface area (Å²) >= 11 is 1.78. The molecule has 1 aliphatic rings. The van der Waals surface area contributed by atoms with Crippen molar-refractivity contribution < 1.29 is 14.3 Å². The highest BCUT2D eigenvalue weighted by Crippen LogP contribution is 2.23. The average Bonchev–Trinajstić information content (AvgIpc) is 3.46. The van der Waals surface area contributed by atoms with Crippen molar-refractivity contribution in [2.75, 3.05) is 0 Å². The summed E-state index contributed by atoms with van der Waals surface area (Å²) < 4.78 is 11.1. The molecule has 37 heavy (non-hydrogen) atoms. The first kappa shape index (κ1) is 39.0. The first-order valence-electron chi connectivity index (χ1n) is 11.6. The molecule has 1 aromatic carbocycles. The third-order valence-electron chi connectivity index (χ3n) is 5.20. The fourth-order valence-corrected chi connectivity index (χ4v) is 4.21. The molecule has 0 aliphatic heterocycles. The summed E-state index contributed by atoms with van der Waals surface area (Å²) in [5.41, 5.74) is 2.75. The Labute approximate surface area is 232 Å². The molecule has 0 spiro atoms. The summed E-state index contributed by atoms with van der Waals surface area (Å²) in [4.78, 5) is 21.8. The van der Waals surface area contributed by atoms with E-state index in [0.29, 0.717) is 5.88 Å². The number of aryl methyl sites for hydroxylation is 2. The maximum atomic E-state index is 11.1. The molecular weight excluding hydrogens is 480 g/mol. The number of ether oxygens (including phenoxy) is 2. The van der Waals surface area contributed by atoms with Crippen LogP contribution >= 0.6 is 11.3 Å². The zero-order chi connectivity index (χ0) is 22.9. The molecule has 2 aromatic heterocycles. The van der Waals surface area contributed by atoms with Crippen LogP contribution in [0.15, 0.2) is 41.8 Å². The minimum absolute atomic E-state index is 0. The topological polar surface area (TPSA) is 61.3 Å². The van der Waals surface area contributed by atoms with Gasteiger partial charge in [-0.15, -0.1) is 11.3 Å². The van der Waals surface area contributed by atoms with Gasteiger partial charge in [-0.2, -0.15) is 0 Å². The molecule has 1 fully saturated rings. The predicted octanol–water partition coefficient (Wildman–Crippen LogP) is 9.57. The van der Waals surface area contributed by atoms with Crippen LogP contribution in [0.2, 0.25) is 0 Å². The Kier molecular flexibility index (Phi) is 20.7. The zero-order valence-electron chi connectivity index (χ0n) is 19.5. The number of benzene rings is 1. The van der Waals surface area contributed by atoms with E-state index >= 15 is 0 Å². The van der Waals surface area contributed by atoms with Crippen LogP contribution in [0, 0.1) is 5.92 Å². The Morgan fingerprint density at radius 2 is 1.49 bits per heavy atom. The first-order valence-corrected chi connectivity index (χ1v) is 12.5. The highest BCUT2D eigenvalue weighted by molar-refractivity contribution is 7.09. The molecule has 2 heterocycles. The second kappa shape index (κ2) is 19.6. The molecule has 4 rings (SSSR count). The van der Waals surface area contributed by atoms with Gasteiger partial charge in [-0.1, -0.05) is 69.2 Å². The number of nitrogens with zero attached hydrogens (tertiary/aromatic N) is 2. The minimum atomic E-state index is -0.0445. The maximum absolute atomic E-state index is 11.1. The molecule has 0 bridgehead atoms. The number of carbonyl (C=O) groups excluding carboxylic acids is 1. The third kappa shape index (κ3) is 12.6. The van der Waals surface area contributed by atoms with Gasteiger partial charge in [0.15, 0.2) is 0 Å². The normalized spacial score (nSPS) is 12.1. The molecule has 0 radical (unpaired) electrons. The minimum Gasteiger partial charge on any atom is -0.474 e. The predicted molar refractivity (Wildman–Crippen MR) is 164 cm³/mol. The summed E-state index contributed by atoms with van der Waals surface area (Å²) in [7, 11) is 0. The monoisotopic (exact) mass is 534 g/mol. The van der Waals surface area contributed by atoms with Crippen molar-refractivity contribution in [3.05, 3.63) is 52.3 Å². The Balaban J connectivity index is -0.000000633. The third-order valence-corrected chi connectivity index (χ3v) is 6.13. The summed E-state index contributed by atoms with van der Waals surface area (Å²) in [5, 5.41) is 2.10. The van der Waals surface area contributed by atoms with Crippen LogP contribution in [0.1, 0.15) is 101 Å². The number of aromatic nitrogens is 2. The Hall–Kier alpha value is -2.47. The number of esters is 1. The number of hydrogen-bond donors (Lipinski definition) is 0. The van der Waals surface area contributed by atoms with Crippen LogP contribution in [0.3, 0.4) is 0 Å². The average molecular weight is 535 g/mol. The standard InChI is InChI=1S/C17H18N2OS.C9H16O2.5CH4/c1-12(2)20-17-16(10-9-13-6-5-11-21-13)18-14-7-3-4-8-15(14)19-17;1-7(2)9(10)11-8-5-3-4-6-8;;;;;/h3-8,11-12H,9-10H2,1-2H3;7-8H,3-6H2,1-2H3;5*1H4. The molecule has 0 saturated heterocycles. The number of hydrogen-bond acceptors (Lipinski definition) is 6. The van der Waals surface area contributed by atoms with Gasteiger partial charge in [0.1, 0.15) is 11.8 Å². The van der Waals surface area contributed by atoms with Crippen LogP contribution < -0.4 is 4.74 Å². The number of rotatable bonds is 7. The highest BCUT2D eigenvalue weighted by atomic mass is 32.1. The Morgan fingerprint density at radius 3 is 2.00 bits per heavy atom. The molecule has 0 N–H and O–H groups in total. The molecule has 0 amide bonds. The molecule has 0 unspecified atom stereocenters. The summed E-state index contributed by atoms with van der Waals surface area (Å²) in [6.07, 6.45) is 6.72. The van der Waals surface area contributed by atoms with Crippen molar-refractivity contribution in [2.45, 2.75) is 116 Å². The molecule has 6 heteroatoms. The lowest BCUT2D eigenvalue weighted by Crippen LogP contribution is -2.18. The molecular formula is C31H54N2O3S. The molecule has 3 aromatic rings. The fraction of sp³-hybridized carbons (Fsp3) is 0.581. The molecule has 0 atom stereocenters. The number of carbonyl (C=O) groups is 1. The second-order valence-corrected chi connectivity index (χ2v) is 9.74. The van der Waals surface area contributed by atoms with E-state index in [1.54, 1.807) is 11.3 Å². The second-order valence-electron chi connectivity index (χ2n) is 8.71. The van der Waals surface area contributed by atoms with Crippen LogP contribution in [0.5, 0.6) is 5.88 Å². The van der Waals surface area contributed by atoms with Crippen molar-refractivity contribution in [2.24, 2.45) is 5.92 Å². The Bertz CT molecular complexity index is 981. The van der Waals surface area contributed by atoms with Crippen molar-refractivity contribution in [3.63, 3.8) is 0 Å². The molecule has 212 valence electrons. The first-order chi connectivity index (χ1) is 15.4. The van der Waals surface area contributed by atoms with E-state index in [2.05, 4.69) is 22.5 Å². The fourth-order valence-electron chi connectivity index (χ4n) is 3.50. The highest BCUT2D eigenvalue weighted by Gasteiger charge is 2.20. The molecule has 1 aliphatic carbocycles. The van der Waals surface area contributed by atoms with Gasteiger partial charge in [0.2, 0.25) is 5.88 Å². The van der Waals surface area contributed by atoms with Gasteiger partial charge in [-0.25, -0.2) is 9.97 Å². The van der Waals surface area contributed by atoms with E-state index in [9.17, 15) is 4.79 Å². The molecule has 5 nitrogen and oxygen atoms in total. The van der Waals surface area contributed by atoms with Gasteiger partial charge >= 0.3 is 5.97 Å². The lowest BCUT2D eigenvalue weighted by Gasteiger charge is -2.13. The van der Waals surface area contributed by atoms with Crippen LogP contribution in [0.25, 0.3) is 11.0 Å². The SMILES string of the molecule is C.C.C.C.C.CC(C)C(=O)OC1CCCC1.CC(C)Oc1nc2ccccc2nc1CCc1cccs1. The van der Waals surface area contributed by atoms with Crippen molar-refractivity contribution >= 4 is 28.3 Å². The smallest absolute Gasteiger partial charge is 0.308 e. The number of thiophene rings is 1. The number of fused-ring (bicyclic) bond motifs is 1. The van der Waals surface area contributed by atoms with E-state index in [4.69, 9.17) is 14.5 Å². The summed E-state index contributed by atoms with van der Waals surface area (Å²) in [6, 6.07) is 12.2. The number of para-hydroxylation sites is 2. The van der Waals surface area contributed by atoms with Gasteiger partial charge in [-0.05, 0) is 76.0 Å². The molecule has 1 saturated carbocycles. The zero-order valence-corrected chi connectivity index (χ0v) is 20.4. The lowest BCUT2D eigenvalue weighted by atomic mass is 10.2. The van der Waals surface area contributed by atoms with Gasteiger partial charge in [-0.3, -0.25) is 4.79 Å². The van der Waals surface area contributed by atoms with Crippen LogP contribution in [-0.2, 0) is 22.4 Å². The van der Waals surface area contributed by atoms with E-state index in [1.165, 1.54) is 17.7 Å². The van der Waals surface area contributed by atoms with Crippen molar-refractivity contribution in [1.82, 2.24) is 9.97 Å². The van der Waals surface area contributed by atoms with Crippen LogP contribution in [-0.4, -0.2) is 28.1 Å². The summed E-state index contributed by atoms with van der Waals surface area (Å²) in [5.74, 6) is 0.646. The van der Waals surface area contributed by atoms with E-state index < -0.39 is 0 Å². The van der Waals surface area contributed by atoms with Crippen LogP contribution in [0.4, 0.5) is 0 Å². The lowest BCUT2D eigenvalue weighted by molar-refractivity contribution is -0.152.